The maximum absolute atomic E-state index is 11.8. The van der Waals surface area contributed by atoms with Gasteiger partial charge in [0, 0.05) is 17.4 Å². The summed E-state index contributed by atoms with van der Waals surface area (Å²) in [6.45, 7) is 3.37. The maximum Gasteiger partial charge on any atom is 0.224 e. The zero-order valence-electron chi connectivity index (χ0n) is 10.6. The van der Waals surface area contributed by atoms with Crippen LogP contribution in [-0.4, -0.2) is 11.9 Å². The molecule has 0 aliphatic rings. The average Bonchev–Trinajstić information content (AvgIpc) is 2.19. The zero-order valence-corrected chi connectivity index (χ0v) is 12.1. The van der Waals surface area contributed by atoms with Gasteiger partial charge < -0.3 is 15.2 Å². The molecule has 0 atom stereocenters. The van der Waals surface area contributed by atoms with E-state index in [2.05, 4.69) is 5.32 Å². The van der Waals surface area contributed by atoms with Crippen LogP contribution in [-0.2, 0) is 9.59 Å². The Hall–Kier alpha value is -1.26. The minimum Gasteiger partial charge on any atom is -0.550 e. The van der Waals surface area contributed by atoms with E-state index in [1.54, 1.807) is 26.0 Å². The molecule has 0 aliphatic heterocycles. The summed E-state index contributed by atoms with van der Waals surface area (Å²) in [5.41, 5.74) is -0.234. The summed E-state index contributed by atoms with van der Waals surface area (Å²) < 4.78 is 0. The highest BCUT2D eigenvalue weighted by Gasteiger charge is 2.22. The van der Waals surface area contributed by atoms with Crippen LogP contribution >= 0.6 is 23.2 Å². The van der Waals surface area contributed by atoms with Crippen LogP contribution < -0.4 is 10.4 Å². The molecular formula is C13H14Cl2NO3-. The minimum atomic E-state index is -1.18. The van der Waals surface area contributed by atoms with Crippen LogP contribution in [0.15, 0.2) is 18.2 Å². The molecule has 1 aromatic carbocycles. The number of hydrogen-bond donors (Lipinski definition) is 1. The lowest BCUT2D eigenvalue weighted by atomic mass is 9.85. The Kier molecular flexibility index (Phi) is 5.20. The number of anilines is 1. The molecule has 0 fully saturated rings. The first-order valence-corrected chi connectivity index (χ1v) is 6.40. The molecule has 4 nitrogen and oxygen atoms in total. The van der Waals surface area contributed by atoms with E-state index in [9.17, 15) is 14.7 Å². The third-order valence-corrected chi connectivity index (χ3v) is 3.02. The molecule has 19 heavy (non-hydrogen) atoms. The van der Waals surface area contributed by atoms with E-state index in [1.165, 1.54) is 6.07 Å². The molecule has 1 amide bonds. The summed E-state index contributed by atoms with van der Waals surface area (Å²) >= 11 is 11.7. The number of hydrogen-bond acceptors (Lipinski definition) is 3. The smallest absolute Gasteiger partial charge is 0.224 e. The standard InChI is InChI=1S/C13H15Cl2NO3/c1-13(2,7-12(18)19)6-11(17)16-10-4-3-8(14)5-9(10)15/h3-5H,6-7H2,1-2H3,(H,16,17)(H,18,19)/p-1. The van der Waals surface area contributed by atoms with Crippen LogP contribution in [0.2, 0.25) is 10.0 Å². The summed E-state index contributed by atoms with van der Waals surface area (Å²) in [4.78, 5) is 22.4. The van der Waals surface area contributed by atoms with Crippen molar-refractivity contribution in [2.24, 2.45) is 5.41 Å². The Bertz CT molecular complexity index is 501. The van der Waals surface area contributed by atoms with Gasteiger partial charge in [-0.2, -0.15) is 0 Å². The van der Waals surface area contributed by atoms with Gasteiger partial charge >= 0.3 is 0 Å². The fourth-order valence-electron chi connectivity index (χ4n) is 1.67. The van der Waals surface area contributed by atoms with Crippen molar-refractivity contribution in [2.75, 3.05) is 5.32 Å². The number of aliphatic carboxylic acids is 1. The Morgan fingerprint density at radius 2 is 1.89 bits per heavy atom. The third-order valence-electron chi connectivity index (χ3n) is 2.47. The highest BCUT2D eigenvalue weighted by atomic mass is 35.5. The van der Waals surface area contributed by atoms with Gasteiger partial charge in [0.1, 0.15) is 0 Å². The summed E-state index contributed by atoms with van der Waals surface area (Å²) in [6, 6.07) is 4.72. The second-order valence-electron chi connectivity index (χ2n) is 5.06. The molecule has 0 aliphatic carbocycles. The fourth-order valence-corrected chi connectivity index (χ4v) is 2.13. The van der Waals surface area contributed by atoms with Crippen molar-refractivity contribution in [2.45, 2.75) is 26.7 Å². The number of amides is 1. The van der Waals surface area contributed by atoms with Gasteiger partial charge in [-0.3, -0.25) is 4.79 Å². The molecule has 0 radical (unpaired) electrons. The molecule has 0 saturated carbocycles. The van der Waals surface area contributed by atoms with E-state index >= 15 is 0 Å². The summed E-state index contributed by atoms with van der Waals surface area (Å²) in [7, 11) is 0. The van der Waals surface area contributed by atoms with Crippen molar-refractivity contribution in [3.8, 4) is 0 Å². The third kappa shape index (κ3) is 5.49. The van der Waals surface area contributed by atoms with Crippen molar-refractivity contribution >= 4 is 40.8 Å². The van der Waals surface area contributed by atoms with Gasteiger partial charge in [0.2, 0.25) is 5.91 Å². The number of benzene rings is 1. The average molecular weight is 303 g/mol. The first-order valence-electron chi connectivity index (χ1n) is 5.64. The van der Waals surface area contributed by atoms with E-state index in [0.29, 0.717) is 15.7 Å². The zero-order chi connectivity index (χ0) is 14.6. The summed E-state index contributed by atoms with van der Waals surface area (Å²) in [5, 5.41) is 14.0. The molecular weight excluding hydrogens is 289 g/mol. The molecule has 0 saturated heterocycles. The lowest BCUT2D eigenvalue weighted by molar-refractivity contribution is -0.307. The topological polar surface area (TPSA) is 69.2 Å². The van der Waals surface area contributed by atoms with Crippen molar-refractivity contribution in [3.63, 3.8) is 0 Å². The molecule has 0 unspecified atom stereocenters. The molecule has 0 aromatic heterocycles. The summed E-state index contributed by atoms with van der Waals surface area (Å²) in [5.74, 6) is -1.49. The van der Waals surface area contributed by atoms with Gasteiger partial charge in [-0.15, -0.1) is 0 Å². The van der Waals surface area contributed by atoms with Gasteiger partial charge in [-0.25, -0.2) is 0 Å². The molecule has 1 N–H and O–H groups in total. The predicted molar refractivity (Wildman–Crippen MR) is 73.1 cm³/mol. The van der Waals surface area contributed by atoms with Crippen molar-refractivity contribution in [1.82, 2.24) is 0 Å². The van der Waals surface area contributed by atoms with Crippen LogP contribution in [0, 0.1) is 5.41 Å². The quantitative estimate of drug-likeness (QED) is 0.908. The maximum atomic E-state index is 11.8. The molecule has 1 rings (SSSR count). The molecule has 0 spiro atoms. The number of carboxylic acid groups (broad SMARTS) is 1. The number of carbonyl (C=O) groups is 2. The minimum absolute atomic E-state index is 0.0555. The molecule has 0 heterocycles. The fraction of sp³-hybridized carbons (Fsp3) is 0.385. The Labute approximate surface area is 121 Å². The van der Waals surface area contributed by atoms with E-state index in [0.717, 1.165) is 0 Å². The highest BCUT2D eigenvalue weighted by molar-refractivity contribution is 6.36. The van der Waals surface area contributed by atoms with Crippen molar-refractivity contribution in [1.29, 1.82) is 0 Å². The number of carboxylic acids is 1. The van der Waals surface area contributed by atoms with E-state index in [-0.39, 0.29) is 18.7 Å². The Balaban J connectivity index is 2.67. The van der Waals surface area contributed by atoms with Gasteiger partial charge in [-0.1, -0.05) is 37.0 Å². The lowest BCUT2D eigenvalue weighted by Gasteiger charge is -2.24. The molecule has 6 heteroatoms. The lowest BCUT2D eigenvalue weighted by Crippen LogP contribution is -2.31. The monoisotopic (exact) mass is 302 g/mol. The van der Waals surface area contributed by atoms with Crippen molar-refractivity contribution < 1.29 is 14.7 Å². The summed E-state index contributed by atoms with van der Waals surface area (Å²) in [6.07, 6.45) is -0.130. The van der Waals surface area contributed by atoms with Crippen LogP contribution in [0.5, 0.6) is 0 Å². The first kappa shape index (κ1) is 15.8. The van der Waals surface area contributed by atoms with Gasteiger partial charge in [0.25, 0.3) is 0 Å². The van der Waals surface area contributed by atoms with Gasteiger partial charge in [0.05, 0.1) is 10.7 Å². The predicted octanol–water partition coefficient (Wildman–Crippen LogP) is 2.49. The van der Waals surface area contributed by atoms with Crippen LogP contribution in [0.4, 0.5) is 5.69 Å². The second-order valence-corrected chi connectivity index (χ2v) is 5.91. The van der Waals surface area contributed by atoms with Gasteiger partial charge in [0.15, 0.2) is 0 Å². The molecule has 104 valence electrons. The van der Waals surface area contributed by atoms with Crippen LogP contribution in [0.3, 0.4) is 0 Å². The highest BCUT2D eigenvalue weighted by Crippen LogP contribution is 2.28. The number of rotatable bonds is 5. The van der Waals surface area contributed by atoms with Crippen LogP contribution in [0.1, 0.15) is 26.7 Å². The normalized spacial score (nSPS) is 11.2. The van der Waals surface area contributed by atoms with Crippen LogP contribution in [0.25, 0.3) is 0 Å². The molecule has 1 aromatic rings. The van der Waals surface area contributed by atoms with E-state index < -0.39 is 11.4 Å². The Morgan fingerprint density at radius 3 is 2.42 bits per heavy atom. The number of carbonyl (C=O) groups excluding carboxylic acids is 2. The first-order chi connectivity index (χ1) is 8.69. The van der Waals surface area contributed by atoms with Gasteiger partial charge in [-0.05, 0) is 30.0 Å². The van der Waals surface area contributed by atoms with E-state index in [1.807, 2.05) is 0 Å². The largest absolute Gasteiger partial charge is 0.550 e. The second kappa shape index (κ2) is 6.26. The number of nitrogens with one attached hydrogen (secondary N) is 1. The van der Waals surface area contributed by atoms with E-state index in [4.69, 9.17) is 23.2 Å². The van der Waals surface area contributed by atoms with Crippen molar-refractivity contribution in [3.05, 3.63) is 28.2 Å². The Morgan fingerprint density at radius 1 is 1.26 bits per heavy atom. The number of halogens is 2. The SMILES string of the molecule is CC(C)(CC(=O)[O-])CC(=O)Nc1ccc(Cl)cc1Cl. The molecule has 0 bridgehead atoms.